The number of benzene rings is 2. The molecular formula is C23H21ClN4O4S. The van der Waals surface area contributed by atoms with Crippen molar-refractivity contribution in [3.8, 4) is 22.9 Å². The number of nitrogens with one attached hydrogen (secondary N) is 1. The third-order valence-corrected chi connectivity index (χ3v) is 5.90. The van der Waals surface area contributed by atoms with Crippen LogP contribution < -0.4 is 14.8 Å². The van der Waals surface area contributed by atoms with E-state index in [4.69, 9.17) is 25.5 Å². The molecule has 0 radical (unpaired) electrons. The van der Waals surface area contributed by atoms with Crippen LogP contribution in [0, 0.1) is 0 Å². The molecule has 4 aromatic rings. The van der Waals surface area contributed by atoms with Gasteiger partial charge in [-0.25, -0.2) is 0 Å². The lowest BCUT2D eigenvalue weighted by molar-refractivity contribution is -0.113. The number of amides is 1. The molecule has 0 bridgehead atoms. The van der Waals surface area contributed by atoms with Crippen molar-refractivity contribution in [3.05, 3.63) is 71.6 Å². The first-order chi connectivity index (χ1) is 16.1. The highest BCUT2D eigenvalue weighted by molar-refractivity contribution is 7.99. The van der Waals surface area contributed by atoms with Crippen molar-refractivity contribution >= 4 is 35.0 Å². The van der Waals surface area contributed by atoms with E-state index in [0.717, 1.165) is 11.3 Å². The van der Waals surface area contributed by atoms with Crippen LogP contribution >= 0.6 is 23.4 Å². The van der Waals surface area contributed by atoms with Crippen molar-refractivity contribution in [2.75, 3.05) is 25.3 Å². The van der Waals surface area contributed by atoms with Gasteiger partial charge in [-0.05, 0) is 36.4 Å². The lowest BCUT2D eigenvalue weighted by atomic mass is 10.2. The van der Waals surface area contributed by atoms with E-state index in [-0.39, 0.29) is 11.7 Å². The van der Waals surface area contributed by atoms with E-state index in [1.165, 1.54) is 11.8 Å². The van der Waals surface area contributed by atoms with Gasteiger partial charge < -0.3 is 19.2 Å². The number of nitrogens with zero attached hydrogens (tertiary/aromatic N) is 3. The standard InChI is InChI=1S/C23H21ClN4O4S/c1-30-19-9-8-17(12-20(19)31-2)25-21(29)14-33-23-27-26-22(15-5-3-6-16(24)11-15)28(23)13-18-7-4-10-32-18/h3-12H,13-14H2,1-2H3,(H,25,29). The molecule has 2 aromatic carbocycles. The largest absolute Gasteiger partial charge is 0.493 e. The normalized spacial score (nSPS) is 10.8. The van der Waals surface area contributed by atoms with Gasteiger partial charge in [0, 0.05) is 22.3 Å². The van der Waals surface area contributed by atoms with Crippen molar-refractivity contribution < 1.29 is 18.7 Å². The first-order valence-corrected chi connectivity index (χ1v) is 11.3. The molecule has 33 heavy (non-hydrogen) atoms. The topological polar surface area (TPSA) is 91.4 Å². The molecule has 0 fully saturated rings. The zero-order valence-electron chi connectivity index (χ0n) is 17.9. The van der Waals surface area contributed by atoms with Gasteiger partial charge in [0.05, 0.1) is 32.8 Å². The van der Waals surface area contributed by atoms with E-state index in [9.17, 15) is 4.79 Å². The second kappa shape index (κ2) is 10.5. The molecule has 0 atom stereocenters. The molecule has 0 saturated heterocycles. The third-order valence-electron chi connectivity index (χ3n) is 4.69. The summed E-state index contributed by atoms with van der Waals surface area (Å²) in [7, 11) is 3.10. The summed E-state index contributed by atoms with van der Waals surface area (Å²) in [4.78, 5) is 12.6. The maximum absolute atomic E-state index is 12.6. The van der Waals surface area contributed by atoms with Crippen molar-refractivity contribution in [1.82, 2.24) is 14.8 Å². The number of halogens is 1. The predicted molar refractivity (Wildman–Crippen MR) is 127 cm³/mol. The lowest BCUT2D eigenvalue weighted by Crippen LogP contribution is -2.15. The fourth-order valence-electron chi connectivity index (χ4n) is 3.18. The minimum Gasteiger partial charge on any atom is -0.493 e. The van der Waals surface area contributed by atoms with Gasteiger partial charge in [-0.15, -0.1) is 10.2 Å². The molecule has 1 amide bonds. The van der Waals surface area contributed by atoms with Crippen molar-refractivity contribution in [1.29, 1.82) is 0 Å². The Morgan fingerprint density at radius 2 is 1.94 bits per heavy atom. The zero-order valence-corrected chi connectivity index (χ0v) is 19.5. The highest BCUT2D eigenvalue weighted by atomic mass is 35.5. The second-order valence-corrected chi connectivity index (χ2v) is 8.27. The molecule has 0 spiro atoms. The maximum Gasteiger partial charge on any atom is 0.234 e. The number of anilines is 1. The molecule has 0 aliphatic carbocycles. The summed E-state index contributed by atoms with van der Waals surface area (Å²) >= 11 is 7.45. The highest BCUT2D eigenvalue weighted by Crippen LogP contribution is 2.30. The van der Waals surface area contributed by atoms with Crippen LogP contribution in [0.25, 0.3) is 11.4 Å². The minimum atomic E-state index is -0.191. The highest BCUT2D eigenvalue weighted by Gasteiger charge is 2.17. The Balaban J connectivity index is 1.51. The Kier molecular flexibility index (Phi) is 7.21. The van der Waals surface area contributed by atoms with Gasteiger partial charge >= 0.3 is 0 Å². The molecule has 0 aliphatic heterocycles. The predicted octanol–water partition coefficient (Wildman–Crippen LogP) is 4.99. The van der Waals surface area contributed by atoms with Crippen LogP contribution in [0.15, 0.2) is 70.4 Å². The zero-order chi connectivity index (χ0) is 23.2. The SMILES string of the molecule is COc1ccc(NC(=O)CSc2nnc(-c3cccc(Cl)c3)n2Cc2ccco2)cc1OC. The molecule has 2 aromatic heterocycles. The number of rotatable bonds is 9. The summed E-state index contributed by atoms with van der Waals surface area (Å²) < 4.78 is 17.9. The van der Waals surface area contributed by atoms with Gasteiger partial charge in [0.2, 0.25) is 5.91 Å². The van der Waals surface area contributed by atoms with E-state index in [2.05, 4.69) is 15.5 Å². The number of carbonyl (C=O) groups excluding carboxylic acids is 1. The number of hydrogen-bond donors (Lipinski definition) is 1. The summed E-state index contributed by atoms with van der Waals surface area (Å²) in [5.74, 6) is 2.45. The number of aromatic nitrogens is 3. The average Bonchev–Trinajstić information content (AvgIpc) is 3.48. The quantitative estimate of drug-likeness (QED) is 0.335. The Labute approximate surface area is 199 Å². The van der Waals surface area contributed by atoms with Crippen LogP contribution in [-0.2, 0) is 11.3 Å². The molecule has 0 unspecified atom stereocenters. The summed E-state index contributed by atoms with van der Waals surface area (Å²) in [5, 5.41) is 12.7. The van der Waals surface area contributed by atoms with Gasteiger partial charge in [0.1, 0.15) is 5.76 Å². The third kappa shape index (κ3) is 5.50. The molecule has 10 heteroatoms. The van der Waals surface area contributed by atoms with Crippen molar-refractivity contribution in [2.45, 2.75) is 11.7 Å². The number of hydrogen-bond acceptors (Lipinski definition) is 7. The Hall–Kier alpha value is -3.43. The molecule has 8 nitrogen and oxygen atoms in total. The van der Waals surface area contributed by atoms with E-state index in [0.29, 0.717) is 39.7 Å². The number of furan rings is 1. The molecule has 1 N–H and O–H groups in total. The molecule has 0 saturated carbocycles. The Morgan fingerprint density at radius 3 is 2.67 bits per heavy atom. The minimum absolute atomic E-state index is 0.139. The molecule has 4 rings (SSSR count). The van der Waals surface area contributed by atoms with E-state index in [1.807, 2.05) is 34.9 Å². The van der Waals surface area contributed by atoms with Crippen LogP contribution in [-0.4, -0.2) is 40.6 Å². The van der Waals surface area contributed by atoms with Crippen molar-refractivity contribution in [3.63, 3.8) is 0 Å². The van der Waals surface area contributed by atoms with Crippen molar-refractivity contribution in [2.24, 2.45) is 0 Å². The van der Waals surface area contributed by atoms with Gasteiger partial charge in [-0.3, -0.25) is 9.36 Å². The van der Waals surface area contributed by atoms with Gasteiger partial charge in [0.25, 0.3) is 0 Å². The summed E-state index contributed by atoms with van der Waals surface area (Å²) in [5.41, 5.74) is 1.43. The number of carbonyl (C=O) groups is 1. The summed E-state index contributed by atoms with van der Waals surface area (Å²) in [6, 6.07) is 16.3. The molecule has 2 heterocycles. The van der Waals surface area contributed by atoms with Gasteiger partial charge in [0.15, 0.2) is 22.5 Å². The lowest BCUT2D eigenvalue weighted by Gasteiger charge is -2.11. The first-order valence-electron chi connectivity index (χ1n) is 9.93. The maximum atomic E-state index is 12.6. The van der Waals surface area contributed by atoms with Crippen LogP contribution in [0.4, 0.5) is 5.69 Å². The van der Waals surface area contributed by atoms with E-state index >= 15 is 0 Å². The Morgan fingerprint density at radius 1 is 1.09 bits per heavy atom. The smallest absolute Gasteiger partial charge is 0.234 e. The number of thioether (sulfide) groups is 1. The van der Waals surface area contributed by atoms with Crippen LogP contribution in [0.5, 0.6) is 11.5 Å². The Bertz CT molecular complexity index is 1240. The molecular weight excluding hydrogens is 464 g/mol. The second-order valence-electron chi connectivity index (χ2n) is 6.89. The first kappa shape index (κ1) is 22.8. The molecule has 0 aliphatic rings. The molecule has 170 valence electrons. The van der Waals surface area contributed by atoms with E-state index < -0.39 is 0 Å². The summed E-state index contributed by atoms with van der Waals surface area (Å²) in [6.45, 7) is 0.418. The van der Waals surface area contributed by atoms with Crippen LogP contribution in [0.1, 0.15) is 5.76 Å². The average molecular weight is 485 g/mol. The van der Waals surface area contributed by atoms with E-state index in [1.54, 1.807) is 44.7 Å². The fraction of sp³-hybridized carbons (Fsp3) is 0.174. The van der Waals surface area contributed by atoms with Crippen LogP contribution in [0.2, 0.25) is 5.02 Å². The number of methoxy groups -OCH3 is 2. The van der Waals surface area contributed by atoms with Crippen LogP contribution in [0.3, 0.4) is 0 Å². The fourth-order valence-corrected chi connectivity index (χ4v) is 4.11. The van der Waals surface area contributed by atoms with Gasteiger partial charge in [-0.1, -0.05) is 35.5 Å². The monoisotopic (exact) mass is 484 g/mol. The summed E-state index contributed by atoms with van der Waals surface area (Å²) in [6.07, 6.45) is 1.61. The van der Waals surface area contributed by atoms with Gasteiger partial charge in [-0.2, -0.15) is 0 Å². The number of ether oxygens (including phenoxy) is 2.